The standard InChI is InChI=1S/C10H20O5S/c1-3-9(10(12)13)16-7-8(11)6-15-5-4-14-2/h8-9,11H,3-7H2,1-2H3,(H,12,13). The van der Waals surface area contributed by atoms with Gasteiger partial charge < -0.3 is 19.7 Å². The molecule has 0 aromatic carbocycles. The molecule has 0 fully saturated rings. The lowest BCUT2D eigenvalue weighted by molar-refractivity contribution is -0.136. The average Bonchev–Trinajstić information content (AvgIpc) is 2.25. The highest BCUT2D eigenvalue weighted by Gasteiger charge is 2.17. The zero-order chi connectivity index (χ0) is 12.4. The van der Waals surface area contributed by atoms with Crippen molar-refractivity contribution in [3.63, 3.8) is 0 Å². The van der Waals surface area contributed by atoms with E-state index in [2.05, 4.69) is 0 Å². The van der Waals surface area contributed by atoms with Crippen LogP contribution in [0.25, 0.3) is 0 Å². The Morgan fingerprint density at radius 2 is 2.12 bits per heavy atom. The van der Waals surface area contributed by atoms with E-state index < -0.39 is 17.3 Å². The third kappa shape index (κ3) is 7.92. The average molecular weight is 252 g/mol. The molecule has 0 radical (unpaired) electrons. The van der Waals surface area contributed by atoms with Gasteiger partial charge in [-0.05, 0) is 6.42 Å². The molecule has 0 aliphatic rings. The summed E-state index contributed by atoms with van der Waals surface area (Å²) in [6, 6.07) is 0. The van der Waals surface area contributed by atoms with Crippen LogP contribution in [-0.4, -0.2) is 60.2 Å². The molecule has 0 bridgehead atoms. The third-order valence-corrected chi connectivity index (χ3v) is 3.39. The molecular weight excluding hydrogens is 232 g/mol. The monoisotopic (exact) mass is 252 g/mol. The van der Waals surface area contributed by atoms with Crippen LogP contribution in [-0.2, 0) is 14.3 Å². The number of thioether (sulfide) groups is 1. The van der Waals surface area contributed by atoms with E-state index in [-0.39, 0.29) is 6.61 Å². The van der Waals surface area contributed by atoms with Gasteiger partial charge in [-0.2, -0.15) is 0 Å². The molecule has 96 valence electrons. The van der Waals surface area contributed by atoms with Crippen molar-refractivity contribution in [1.82, 2.24) is 0 Å². The molecule has 6 heteroatoms. The normalized spacial score (nSPS) is 14.7. The summed E-state index contributed by atoms with van der Waals surface area (Å²) >= 11 is 1.24. The van der Waals surface area contributed by atoms with E-state index >= 15 is 0 Å². The van der Waals surface area contributed by atoms with E-state index in [1.165, 1.54) is 11.8 Å². The number of carboxylic acids is 1. The number of ether oxygens (including phenoxy) is 2. The van der Waals surface area contributed by atoms with Crippen LogP contribution in [0.3, 0.4) is 0 Å². The van der Waals surface area contributed by atoms with Crippen LogP contribution in [0, 0.1) is 0 Å². The fraction of sp³-hybridized carbons (Fsp3) is 0.900. The predicted molar refractivity (Wildman–Crippen MR) is 62.9 cm³/mol. The lowest BCUT2D eigenvalue weighted by Gasteiger charge is -2.13. The number of carboxylic acid groups (broad SMARTS) is 1. The minimum Gasteiger partial charge on any atom is -0.480 e. The Hall–Kier alpha value is -0.300. The molecule has 16 heavy (non-hydrogen) atoms. The van der Waals surface area contributed by atoms with E-state index in [4.69, 9.17) is 14.6 Å². The molecule has 0 aliphatic heterocycles. The number of hydrogen-bond donors (Lipinski definition) is 2. The highest BCUT2D eigenvalue weighted by atomic mass is 32.2. The number of rotatable bonds is 10. The van der Waals surface area contributed by atoms with Crippen molar-refractivity contribution in [2.75, 3.05) is 32.7 Å². The Balaban J connectivity index is 3.55. The van der Waals surface area contributed by atoms with E-state index in [1.54, 1.807) is 7.11 Å². The summed E-state index contributed by atoms with van der Waals surface area (Å²) in [7, 11) is 1.58. The van der Waals surface area contributed by atoms with E-state index in [0.717, 1.165) is 0 Å². The maximum absolute atomic E-state index is 10.7. The van der Waals surface area contributed by atoms with Crippen LogP contribution >= 0.6 is 11.8 Å². The van der Waals surface area contributed by atoms with Gasteiger partial charge in [0.1, 0.15) is 5.25 Å². The van der Waals surface area contributed by atoms with Crippen molar-refractivity contribution in [2.24, 2.45) is 0 Å². The van der Waals surface area contributed by atoms with Gasteiger partial charge in [-0.1, -0.05) is 6.92 Å². The molecule has 0 heterocycles. The van der Waals surface area contributed by atoms with Crippen molar-refractivity contribution in [2.45, 2.75) is 24.7 Å². The Bertz CT molecular complexity index is 188. The molecule has 5 nitrogen and oxygen atoms in total. The summed E-state index contributed by atoms with van der Waals surface area (Å²) in [6.45, 7) is 2.96. The summed E-state index contributed by atoms with van der Waals surface area (Å²) in [5, 5.41) is 17.8. The maximum atomic E-state index is 10.7. The summed E-state index contributed by atoms with van der Waals surface area (Å²) in [5.74, 6) is -0.461. The van der Waals surface area contributed by atoms with Gasteiger partial charge in [0, 0.05) is 12.9 Å². The summed E-state index contributed by atoms with van der Waals surface area (Å²) in [4.78, 5) is 10.7. The molecule has 0 amide bonds. The Kier molecular flexibility index (Phi) is 9.71. The highest BCUT2D eigenvalue weighted by molar-refractivity contribution is 8.00. The SMILES string of the molecule is CCC(SCC(O)COCCOC)C(=O)O. The van der Waals surface area contributed by atoms with Crippen LogP contribution < -0.4 is 0 Å². The van der Waals surface area contributed by atoms with Gasteiger partial charge in [0.2, 0.25) is 0 Å². The fourth-order valence-corrected chi connectivity index (χ4v) is 1.93. The molecule has 0 spiro atoms. The molecule has 0 aliphatic carbocycles. The van der Waals surface area contributed by atoms with Gasteiger partial charge in [0.15, 0.2) is 0 Å². The van der Waals surface area contributed by atoms with Crippen molar-refractivity contribution in [3.05, 3.63) is 0 Å². The van der Waals surface area contributed by atoms with Gasteiger partial charge in [0.05, 0.1) is 25.9 Å². The fourth-order valence-electron chi connectivity index (χ4n) is 1.00. The largest absolute Gasteiger partial charge is 0.480 e. The van der Waals surface area contributed by atoms with Crippen LogP contribution in [0.1, 0.15) is 13.3 Å². The van der Waals surface area contributed by atoms with Crippen LogP contribution in [0.4, 0.5) is 0 Å². The molecule has 2 N–H and O–H groups in total. The summed E-state index contributed by atoms with van der Waals surface area (Å²) in [5.41, 5.74) is 0. The Morgan fingerprint density at radius 1 is 1.44 bits per heavy atom. The molecule has 2 unspecified atom stereocenters. The van der Waals surface area contributed by atoms with Crippen LogP contribution in [0.5, 0.6) is 0 Å². The third-order valence-electron chi connectivity index (χ3n) is 1.88. The van der Waals surface area contributed by atoms with Gasteiger partial charge in [-0.25, -0.2) is 0 Å². The number of aliphatic hydroxyl groups is 1. The first-order valence-electron chi connectivity index (χ1n) is 5.21. The minimum atomic E-state index is -0.833. The number of hydrogen-bond acceptors (Lipinski definition) is 5. The molecule has 2 atom stereocenters. The smallest absolute Gasteiger partial charge is 0.316 e. The van der Waals surface area contributed by atoms with E-state index in [0.29, 0.717) is 25.4 Å². The maximum Gasteiger partial charge on any atom is 0.316 e. The molecular formula is C10H20O5S. The Morgan fingerprint density at radius 3 is 2.62 bits per heavy atom. The van der Waals surface area contributed by atoms with Gasteiger partial charge in [-0.15, -0.1) is 11.8 Å². The topological polar surface area (TPSA) is 76.0 Å². The number of methoxy groups -OCH3 is 1. The zero-order valence-electron chi connectivity index (χ0n) is 9.72. The molecule has 0 rings (SSSR count). The van der Waals surface area contributed by atoms with Crippen molar-refractivity contribution in [1.29, 1.82) is 0 Å². The minimum absolute atomic E-state index is 0.215. The van der Waals surface area contributed by atoms with Crippen molar-refractivity contribution < 1.29 is 24.5 Å². The number of aliphatic hydroxyl groups excluding tert-OH is 1. The van der Waals surface area contributed by atoms with Crippen molar-refractivity contribution in [3.8, 4) is 0 Å². The predicted octanol–water partition coefficient (Wildman–Crippen LogP) is 0.607. The van der Waals surface area contributed by atoms with Crippen molar-refractivity contribution >= 4 is 17.7 Å². The van der Waals surface area contributed by atoms with E-state index in [9.17, 15) is 9.90 Å². The van der Waals surface area contributed by atoms with Crippen LogP contribution in [0.2, 0.25) is 0 Å². The summed E-state index contributed by atoms with van der Waals surface area (Å²) in [6.07, 6.45) is -0.0766. The molecule has 0 saturated carbocycles. The quantitative estimate of drug-likeness (QED) is 0.555. The lowest BCUT2D eigenvalue weighted by Crippen LogP contribution is -2.23. The number of carbonyl (C=O) groups is 1. The van der Waals surface area contributed by atoms with E-state index in [1.807, 2.05) is 6.92 Å². The first-order chi connectivity index (χ1) is 7.61. The second kappa shape index (κ2) is 9.89. The Labute approximate surface area is 100 Å². The second-order valence-corrected chi connectivity index (χ2v) is 4.53. The highest BCUT2D eigenvalue weighted by Crippen LogP contribution is 2.15. The zero-order valence-corrected chi connectivity index (χ0v) is 10.5. The second-order valence-electron chi connectivity index (χ2n) is 3.29. The molecule has 0 aromatic rings. The molecule has 0 aromatic heterocycles. The van der Waals surface area contributed by atoms with Gasteiger partial charge in [0.25, 0.3) is 0 Å². The molecule has 0 saturated heterocycles. The van der Waals surface area contributed by atoms with Crippen LogP contribution in [0.15, 0.2) is 0 Å². The first-order valence-corrected chi connectivity index (χ1v) is 6.25. The first kappa shape index (κ1) is 15.7. The van der Waals surface area contributed by atoms with Gasteiger partial charge >= 0.3 is 5.97 Å². The van der Waals surface area contributed by atoms with Gasteiger partial charge in [-0.3, -0.25) is 4.79 Å². The lowest BCUT2D eigenvalue weighted by atomic mass is 10.3. The summed E-state index contributed by atoms with van der Waals surface area (Å²) < 4.78 is 9.91. The number of aliphatic carboxylic acids is 1.